The summed E-state index contributed by atoms with van der Waals surface area (Å²) in [5.74, 6) is 0.691. The molecule has 0 spiro atoms. The van der Waals surface area contributed by atoms with Crippen molar-refractivity contribution in [2.75, 3.05) is 5.73 Å². The molecule has 8 aromatic rings. The van der Waals surface area contributed by atoms with Gasteiger partial charge in [-0.2, -0.15) is 0 Å². The zero-order valence-electron chi connectivity index (χ0n) is 30.9. The van der Waals surface area contributed by atoms with Crippen molar-refractivity contribution in [1.29, 1.82) is 0 Å². The summed E-state index contributed by atoms with van der Waals surface area (Å²) in [5, 5.41) is 2.59. The SMILES string of the molecule is Cc1cc(C)cc(-c2ccc(N)c(-c3ccc4c(c3)C(C)C(C)c3cc5c6cc(-c7cc(C)cc(C)c7)ccc6n(-c6ccccc6)c5cc3-4)c2)c1. The fraction of sp³-hybridized carbons (Fsp3) is 0.160. The van der Waals surface area contributed by atoms with E-state index in [-0.39, 0.29) is 0 Å². The zero-order chi connectivity index (χ0) is 35.8. The monoisotopic (exact) mass is 672 g/mol. The Morgan fingerprint density at radius 2 is 0.981 bits per heavy atom. The summed E-state index contributed by atoms with van der Waals surface area (Å²) in [7, 11) is 0. The molecule has 1 heterocycles. The quantitative estimate of drug-likeness (QED) is 0.185. The molecule has 2 unspecified atom stereocenters. The van der Waals surface area contributed by atoms with Gasteiger partial charge in [0.2, 0.25) is 0 Å². The highest BCUT2D eigenvalue weighted by Gasteiger charge is 2.30. The molecule has 1 aliphatic rings. The highest BCUT2D eigenvalue weighted by molar-refractivity contribution is 6.12. The normalized spacial score (nSPS) is 15.2. The van der Waals surface area contributed by atoms with Crippen molar-refractivity contribution in [3.8, 4) is 50.2 Å². The summed E-state index contributed by atoms with van der Waals surface area (Å²) in [6, 6.07) is 49.9. The second-order valence-corrected chi connectivity index (χ2v) is 15.3. The van der Waals surface area contributed by atoms with Crippen LogP contribution in [0.25, 0.3) is 72.0 Å². The van der Waals surface area contributed by atoms with Crippen molar-refractivity contribution < 1.29 is 0 Å². The molecule has 0 saturated carbocycles. The molecule has 0 fully saturated rings. The number of rotatable bonds is 4. The lowest BCUT2D eigenvalue weighted by molar-refractivity contribution is 0.617. The van der Waals surface area contributed by atoms with Gasteiger partial charge in [0.1, 0.15) is 0 Å². The van der Waals surface area contributed by atoms with Gasteiger partial charge in [0, 0.05) is 27.7 Å². The van der Waals surface area contributed by atoms with E-state index in [1.54, 1.807) is 0 Å². The maximum atomic E-state index is 6.70. The number of para-hydroxylation sites is 1. The Bertz CT molecular complexity index is 2670. The van der Waals surface area contributed by atoms with Crippen LogP contribution in [0.15, 0.2) is 133 Å². The van der Waals surface area contributed by atoms with Crippen LogP contribution in [0.2, 0.25) is 0 Å². The van der Waals surface area contributed by atoms with Crippen molar-refractivity contribution >= 4 is 27.5 Å². The molecule has 0 bridgehead atoms. The van der Waals surface area contributed by atoms with E-state index < -0.39 is 0 Å². The van der Waals surface area contributed by atoms with E-state index in [0.717, 1.165) is 11.3 Å². The first kappa shape index (κ1) is 32.1. The Morgan fingerprint density at radius 3 is 1.63 bits per heavy atom. The Hall–Kier alpha value is -5.86. The first-order valence-electron chi connectivity index (χ1n) is 18.5. The van der Waals surface area contributed by atoms with E-state index in [1.807, 2.05) is 0 Å². The van der Waals surface area contributed by atoms with E-state index >= 15 is 0 Å². The number of aryl methyl sites for hydroxylation is 4. The van der Waals surface area contributed by atoms with Crippen molar-refractivity contribution in [1.82, 2.24) is 4.57 Å². The minimum atomic E-state index is 0.344. The van der Waals surface area contributed by atoms with Gasteiger partial charge in [-0.1, -0.05) is 121 Å². The van der Waals surface area contributed by atoms with Crippen LogP contribution in [0, 0.1) is 27.7 Å². The molecule has 254 valence electrons. The molecular formula is C50H44N2. The maximum absolute atomic E-state index is 6.70. The highest BCUT2D eigenvalue weighted by Crippen LogP contribution is 2.50. The van der Waals surface area contributed by atoms with Gasteiger partial charge < -0.3 is 10.3 Å². The van der Waals surface area contributed by atoms with Gasteiger partial charge in [-0.3, -0.25) is 0 Å². The number of hydrogen-bond donors (Lipinski definition) is 1. The van der Waals surface area contributed by atoms with Crippen LogP contribution in [0.1, 0.15) is 59.1 Å². The summed E-state index contributed by atoms with van der Waals surface area (Å²) in [4.78, 5) is 0. The zero-order valence-corrected chi connectivity index (χ0v) is 30.9. The van der Waals surface area contributed by atoms with Crippen LogP contribution < -0.4 is 5.73 Å². The Kier molecular flexibility index (Phi) is 7.48. The summed E-state index contributed by atoms with van der Waals surface area (Å²) in [6.45, 7) is 13.5. The van der Waals surface area contributed by atoms with Gasteiger partial charge in [-0.15, -0.1) is 0 Å². The lowest BCUT2D eigenvalue weighted by Gasteiger charge is -2.32. The molecule has 1 aliphatic carbocycles. The smallest absolute Gasteiger partial charge is 0.0547 e. The van der Waals surface area contributed by atoms with Crippen LogP contribution in [0.3, 0.4) is 0 Å². The maximum Gasteiger partial charge on any atom is 0.0547 e. The Labute approximate surface area is 307 Å². The van der Waals surface area contributed by atoms with E-state index in [0.29, 0.717) is 11.8 Å². The molecule has 2 nitrogen and oxygen atoms in total. The van der Waals surface area contributed by atoms with Crippen LogP contribution in [0.4, 0.5) is 5.69 Å². The minimum Gasteiger partial charge on any atom is -0.398 e. The summed E-state index contributed by atoms with van der Waals surface area (Å²) >= 11 is 0. The second kappa shape index (κ2) is 12.1. The van der Waals surface area contributed by atoms with Crippen LogP contribution in [0.5, 0.6) is 0 Å². The molecule has 0 amide bonds. The van der Waals surface area contributed by atoms with E-state index in [9.17, 15) is 0 Å². The third-order valence-electron chi connectivity index (χ3n) is 11.5. The van der Waals surface area contributed by atoms with Crippen molar-refractivity contribution in [3.05, 3.63) is 167 Å². The average Bonchev–Trinajstić information content (AvgIpc) is 3.45. The van der Waals surface area contributed by atoms with Crippen LogP contribution >= 0.6 is 0 Å². The molecule has 52 heavy (non-hydrogen) atoms. The number of nitrogens with zero attached hydrogens (tertiary/aromatic N) is 1. The van der Waals surface area contributed by atoms with Crippen molar-refractivity contribution in [3.63, 3.8) is 0 Å². The predicted octanol–water partition coefficient (Wildman–Crippen LogP) is 13.5. The number of anilines is 1. The lowest BCUT2D eigenvalue weighted by atomic mass is 9.72. The molecule has 7 aromatic carbocycles. The highest BCUT2D eigenvalue weighted by atomic mass is 15.0. The second-order valence-electron chi connectivity index (χ2n) is 15.3. The number of fused-ring (bicyclic) bond motifs is 6. The Balaban J connectivity index is 1.23. The molecule has 1 aromatic heterocycles. The molecular weight excluding hydrogens is 629 g/mol. The number of aromatic nitrogens is 1. The van der Waals surface area contributed by atoms with E-state index in [1.165, 1.54) is 99.8 Å². The first-order chi connectivity index (χ1) is 25.1. The van der Waals surface area contributed by atoms with Gasteiger partial charge in [-0.05, 0) is 138 Å². The molecule has 2 N–H and O–H groups in total. The van der Waals surface area contributed by atoms with Crippen molar-refractivity contribution in [2.24, 2.45) is 0 Å². The standard InChI is InChI=1S/C50H44N2/c1-29-18-30(2)21-38(20-29)35-13-16-48(51)44(24-35)37-12-15-41-42(26-37)33(5)34(6)43-27-47-46-25-36(39-22-31(3)19-32(4)23-39)14-17-49(46)52(50(47)28-45(41)43)40-10-8-7-9-11-40/h7-28,33-34H,51H2,1-6H3. The van der Waals surface area contributed by atoms with Gasteiger partial charge in [0.05, 0.1) is 11.0 Å². The molecule has 9 rings (SSSR count). The molecule has 0 radical (unpaired) electrons. The fourth-order valence-electron chi connectivity index (χ4n) is 8.89. The summed E-state index contributed by atoms with van der Waals surface area (Å²) < 4.78 is 2.45. The Morgan fingerprint density at radius 1 is 0.423 bits per heavy atom. The topological polar surface area (TPSA) is 30.9 Å². The summed E-state index contributed by atoms with van der Waals surface area (Å²) in [5.41, 5.74) is 28.9. The van der Waals surface area contributed by atoms with Crippen LogP contribution in [-0.4, -0.2) is 4.57 Å². The number of nitrogens with two attached hydrogens (primary N) is 1. The number of hydrogen-bond acceptors (Lipinski definition) is 1. The predicted molar refractivity (Wildman–Crippen MR) is 223 cm³/mol. The number of nitrogen functional groups attached to an aromatic ring is 1. The third kappa shape index (κ3) is 5.25. The molecule has 0 aliphatic heterocycles. The molecule has 0 saturated heterocycles. The van der Waals surface area contributed by atoms with Gasteiger partial charge in [0.25, 0.3) is 0 Å². The molecule has 2 atom stereocenters. The molecule has 2 heteroatoms. The van der Waals surface area contributed by atoms with Gasteiger partial charge in [-0.25, -0.2) is 0 Å². The third-order valence-corrected chi connectivity index (χ3v) is 11.5. The average molecular weight is 673 g/mol. The lowest BCUT2D eigenvalue weighted by Crippen LogP contribution is -2.13. The summed E-state index contributed by atoms with van der Waals surface area (Å²) in [6.07, 6.45) is 0. The first-order valence-corrected chi connectivity index (χ1v) is 18.5. The van der Waals surface area contributed by atoms with Gasteiger partial charge >= 0.3 is 0 Å². The largest absolute Gasteiger partial charge is 0.398 e. The van der Waals surface area contributed by atoms with E-state index in [2.05, 4.69) is 180 Å². The van der Waals surface area contributed by atoms with Gasteiger partial charge in [0.15, 0.2) is 0 Å². The van der Waals surface area contributed by atoms with Crippen molar-refractivity contribution in [2.45, 2.75) is 53.4 Å². The minimum absolute atomic E-state index is 0.344. The van der Waals surface area contributed by atoms with E-state index in [4.69, 9.17) is 5.73 Å². The number of benzene rings is 7. The van der Waals surface area contributed by atoms with Crippen LogP contribution in [-0.2, 0) is 0 Å². The fourth-order valence-corrected chi connectivity index (χ4v) is 8.89.